The van der Waals surface area contributed by atoms with Crippen LogP contribution in [0.2, 0.25) is 0 Å². The first kappa shape index (κ1) is 13.1. The van der Waals surface area contributed by atoms with Crippen LogP contribution in [0.25, 0.3) is 22.4 Å². The molecule has 4 heteroatoms. The van der Waals surface area contributed by atoms with Gasteiger partial charge in [0.05, 0.1) is 5.69 Å². The zero-order valence-electron chi connectivity index (χ0n) is 11.7. The summed E-state index contributed by atoms with van der Waals surface area (Å²) in [5.41, 5.74) is 16.5. The quantitative estimate of drug-likeness (QED) is 0.753. The van der Waals surface area contributed by atoms with Crippen molar-refractivity contribution >= 4 is 11.8 Å². The summed E-state index contributed by atoms with van der Waals surface area (Å²) in [5, 5.41) is 0. The molecule has 0 atom stereocenters. The van der Waals surface area contributed by atoms with Gasteiger partial charge in [0.2, 0.25) is 5.95 Å². The number of aromatic nitrogens is 2. The van der Waals surface area contributed by atoms with Crippen LogP contribution in [0.5, 0.6) is 0 Å². The summed E-state index contributed by atoms with van der Waals surface area (Å²) < 4.78 is 0. The second-order valence-corrected chi connectivity index (χ2v) is 4.85. The molecule has 104 valence electrons. The van der Waals surface area contributed by atoms with Gasteiger partial charge in [0.15, 0.2) is 0 Å². The van der Waals surface area contributed by atoms with Crippen LogP contribution in [0.4, 0.5) is 11.8 Å². The molecule has 0 saturated carbocycles. The predicted molar refractivity (Wildman–Crippen MR) is 86.5 cm³/mol. The average molecular weight is 276 g/mol. The lowest BCUT2D eigenvalue weighted by molar-refractivity contribution is 1.16. The molecule has 0 saturated heterocycles. The minimum Gasteiger partial charge on any atom is -0.383 e. The number of hydrogen-bond acceptors (Lipinski definition) is 4. The standard InChI is InChI=1S/C17H16N4/c1-11-15(20-17(19)21-16(11)18)14-10-6-5-9-13(14)12-7-3-2-4-8-12/h2-10H,1H3,(H4,18,19,20,21). The first-order valence-corrected chi connectivity index (χ1v) is 6.71. The predicted octanol–water partition coefficient (Wildman–Crippen LogP) is 3.28. The van der Waals surface area contributed by atoms with Crippen LogP contribution in [0.15, 0.2) is 54.6 Å². The maximum absolute atomic E-state index is 5.92. The second-order valence-electron chi connectivity index (χ2n) is 4.85. The van der Waals surface area contributed by atoms with Crippen LogP contribution < -0.4 is 11.5 Å². The molecular weight excluding hydrogens is 260 g/mol. The van der Waals surface area contributed by atoms with E-state index in [4.69, 9.17) is 11.5 Å². The SMILES string of the molecule is Cc1c(N)nc(N)nc1-c1ccccc1-c1ccccc1. The summed E-state index contributed by atoms with van der Waals surface area (Å²) in [6, 6.07) is 18.3. The minimum atomic E-state index is 0.191. The van der Waals surface area contributed by atoms with Crippen molar-refractivity contribution < 1.29 is 0 Å². The van der Waals surface area contributed by atoms with Gasteiger partial charge in [0, 0.05) is 11.1 Å². The summed E-state index contributed by atoms with van der Waals surface area (Å²) in [6.45, 7) is 1.91. The monoisotopic (exact) mass is 276 g/mol. The third kappa shape index (κ3) is 2.43. The van der Waals surface area contributed by atoms with E-state index in [1.165, 1.54) is 0 Å². The fourth-order valence-electron chi connectivity index (χ4n) is 2.37. The third-order valence-electron chi connectivity index (χ3n) is 3.47. The molecule has 4 nitrogen and oxygen atoms in total. The lowest BCUT2D eigenvalue weighted by Crippen LogP contribution is -2.04. The average Bonchev–Trinajstić information content (AvgIpc) is 2.52. The largest absolute Gasteiger partial charge is 0.383 e. The number of nitrogens with two attached hydrogens (primary N) is 2. The van der Waals surface area contributed by atoms with Gasteiger partial charge in [-0.3, -0.25) is 0 Å². The minimum absolute atomic E-state index is 0.191. The topological polar surface area (TPSA) is 77.8 Å². The summed E-state index contributed by atoms with van der Waals surface area (Å²) in [5.74, 6) is 0.608. The first-order chi connectivity index (χ1) is 10.2. The zero-order valence-corrected chi connectivity index (χ0v) is 11.7. The molecule has 0 aliphatic heterocycles. The normalized spacial score (nSPS) is 10.5. The summed E-state index contributed by atoms with van der Waals surface area (Å²) in [6.07, 6.45) is 0. The van der Waals surface area contributed by atoms with Crippen molar-refractivity contribution in [2.24, 2.45) is 0 Å². The summed E-state index contributed by atoms with van der Waals surface area (Å²) in [7, 11) is 0. The molecule has 1 heterocycles. The molecule has 0 radical (unpaired) electrons. The molecule has 3 rings (SSSR count). The highest BCUT2D eigenvalue weighted by molar-refractivity contribution is 5.84. The van der Waals surface area contributed by atoms with E-state index in [-0.39, 0.29) is 5.95 Å². The fourth-order valence-corrected chi connectivity index (χ4v) is 2.37. The number of nitrogen functional groups attached to an aromatic ring is 2. The summed E-state index contributed by atoms with van der Waals surface area (Å²) >= 11 is 0. The number of benzene rings is 2. The van der Waals surface area contributed by atoms with E-state index in [9.17, 15) is 0 Å². The Hall–Kier alpha value is -2.88. The molecule has 21 heavy (non-hydrogen) atoms. The third-order valence-corrected chi connectivity index (χ3v) is 3.47. The van der Waals surface area contributed by atoms with Crippen molar-refractivity contribution in [3.63, 3.8) is 0 Å². The van der Waals surface area contributed by atoms with Crippen molar-refractivity contribution in [2.45, 2.75) is 6.92 Å². The van der Waals surface area contributed by atoms with Crippen LogP contribution >= 0.6 is 0 Å². The van der Waals surface area contributed by atoms with E-state index in [1.54, 1.807) is 0 Å². The maximum Gasteiger partial charge on any atom is 0.222 e. The molecule has 0 unspecified atom stereocenters. The van der Waals surface area contributed by atoms with E-state index in [0.717, 1.165) is 27.9 Å². The Morgan fingerprint density at radius 2 is 1.38 bits per heavy atom. The molecule has 0 bridgehead atoms. The van der Waals surface area contributed by atoms with E-state index < -0.39 is 0 Å². The van der Waals surface area contributed by atoms with Crippen molar-refractivity contribution in [3.8, 4) is 22.4 Å². The number of hydrogen-bond donors (Lipinski definition) is 2. The van der Waals surface area contributed by atoms with Crippen molar-refractivity contribution in [1.29, 1.82) is 0 Å². The fraction of sp³-hybridized carbons (Fsp3) is 0.0588. The molecule has 0 aliphatic rings. The number of anilines is 2. The Bertz CT molecular complexity index is 782. The van der Waals surface area contributed by atoms with Crippen molar-refractivity contribution in [1.82, 2.24) is 9.97 Å². The van der Waals surface area contributed by atoms with E-state index in [0.29, 0.717) is 5.82 Å². The maximum atomic E-state index is 5.92. The Labute approximate surface area is 123 Å². The highest BCUT2D eigenvalue weighted by Crippen LogP contribution is 2.33. The van der Waals surface area contributed by atoms with Crippen LogP contribution in [0.1, 0.15) is 5.56 Å². The Kier molecular flexibility index (Phi) is 3.28. The summed E-state index contributed by atoms with van der Waals surface area (Å²) in [4.78, 5) is 8.38. The Morgan fingerprint density at radius 3 is 2.10 bits per heavy atom. The van der Waals surface area contributed by atoms with Crippen LogP contribution in [0.3, 0.4) is 0 Å². The molecule has 4 N–H and O–H groups in total. The lowest BCUT2D eigenvalue weighted by atomic mass is 9.96. The van der Waals surface area contributed by atoms with E-state index in [2.05, 4.69) is 28.2 Å². The van der Waals surface area contributed by atoms with Gasteiger partial charge < -0.3 is 11.5 Å². The van der Waals surface area contributed by atoms with Crippen LogP contribution in [0, 0.1) is 6.92 Å². The van der Waals surface area contributed by atoms with Gasteiger partial charge in [-0.2, -0.15) is 4.98 Å². The smallest absolute Gasteiger partial charge is 0.222 e. The number of nitrogens with zero attached hydrogens (tertiary/aromatic N) is 2. The molecule has 0 fully saturated rings. The highest BCUT2D eigenvalue weighted by atomic mass is 15.0. The molecule has 2 aromatic carbocycles. The molecule has 1 aromatic heterocycles. The van der Waals surface area contributed by atoms with Crippen LogP contribution in [-0.4, -0.2) is 9.97 Å². The van der Waals surface area contributed by atoms with Crippen LogP contribution in [-0.2, 0) is 0 Å². The Balaban J connectivity index is 2.26. The van der Waals surface area contributed by atoms with E-state index in [1.807, 2.05) is 43.3 Å². The van der Waals surface area contributed by atoms with Gasteiger partial charge in [0.25, 0.3) is 0 Å². The van der Waals surface area contributed by atoms with Gasteiger partial charge >= 0.3 is 0 Å². The number of rotatable bonds is 2. The highest BCUT2D eigenvalue weighted by Gasteiger charge is 2.13. The Morgan fingerprint density at radius 1 is 0.762 bits per heavy atom. The zero-order chi connectivity index (χ0) is 14.8. The lowest BCUT2D eigenvalue weighted by Gasteiger charge is -2.13. The molecule has 0 aliphatic carbocycles. The molecular formula is C17H16N4. The molecule has 0 amide bonds. The molecule has 3 aromatic rings. The van der Waals surface area contributed by atoms with Gasteiger partial charge in [-0.1, -0.05) is 54.6 Å². The second kappa shape index (κ2) is 5.25. The first-order valence-electron chi connectivity index (χ1n) is 6.71. The van der Waals surface area contributed by atoms with Crippen molar-refractivity contribution in [3.05, 3.63) is 60.2 Å². The van der Waals surface area contributed by atoms with Gasteiger partial charge in [-0.25, -0.2) is 4.98 Å². The van der Waals surface area contributed by atoms with E-state index >= 15 is 0 Å². The van der Waals surface area contributed by atoms with Gasteiger partial charge in [-0.15, -0.1) is 0 Å². The van der Waals surface area contributed by atoms with Gasteiger partial charge in [0.1, 0.15) is 5.82 Å². The molecule has 0 spiro atoms. The van der Waals surface area contributed by atoms with Gasteiger partial charge in [-0.05, 0) is 18.1 Å². The van der Waals surface area contributed by atoms with Crippen molar-refractivity contribution in [2.75, 3.05) is 11.5 Å².